The molecule has 0 aliphatic heterocycles. The van der Waals surface area contributed by atoms with E-state index >= 15 is 0 Å². The highest BCUT2D eigenvalue weighted by atomic mass is 16.6. The van der Waals surface area contributed by atoms with E-state index in [1.165, 1.54) is 19.9 Å². The van der Waals surface area contributed by atoms with Gasteiger partial charge in [0, 0.05) is 13.8 Å². The van der Waals surface area contributed by atoms with E-state index in [1.807, 2.05) is 0 Å². The second-order valence-electron chi connectivity index (χ2n) is 2.89. The molecule has 0 aromatic carbocycles. The van der Waals surface area contributed by atoms with Crippen molar-refractivity contribution in [3.8, 4) is 0 Å². The molecule has 0 radical (unpaired) electrons. The quantitative estimate of drug-likeness (QED) is 0.486. The Morgan fingerprint density at radius 2 is 1.92 bits per heavy atom. The van der Waals surface area contributed by atoms with Crippen molar-refractivity contribution < 1.29 is 19.1 Å². The van der Waals surface area contributed by atoms with Crippen LogP contribution >= 0.6 is 0 Å². The molecule has 0 aliphatic rings. The molecular weight excluding hydrogens is 172 g/mol. The lowest BCUT2D eigenvalue weighted by atomic mass is 10.1. The van der Waals surface area contributed by atoms with E-state index in [-0.39, 0.29) is 6.61 Å². The number of carbonyl (C=O) groups is 2. The summed E-state index contributed by atoms with van der Waals surface area (Å²) in [4.78, 5) is 21.1. The molecular formula is C9H14O4. The van der Waals surface area contributed by atoms with Gasteiger partial charge in [-0.05, 0) is 13.0 Å². The van der Waals surface area contributed by atoms with Gasteiger partial charge in [0.2, 0.25) is 0 Å². The van der Waals surface area contributed by atoms with Gasteiger partial charge in [0.1, 0.15) is 6.61 Å². The third kappa shape index (κ3) is 5.00. The lowest BCUT2D eigenvalue weighted by molar-refractivity contribution is -0.162. The predicted octanol–water partition coefficient (Wildman–Crippen LogP) is 1.06. The van der Waals surface area contributed by atoms with E-state index in [9.17, 15) is 9.59 Å². The molecule has 0 fully saturated rings. The summed E-state index contributed by atoms with van der Waals surface area (Å²) >= 11 is 0. The molecule has 0 saturated heterocycles. The first-order valence-corrected chi connectivity index (χ1v) is 3.86. The van der Waals surface area contributed by atoms with E-state index in [1.54, 1.807) is 6.92 Å². The Bertz CT molecular complexity index is 222. The Morgan fingerprint density at radius 3 is 2.23 bits per heavy atom. The van der Waals surface area contributed by atoms with Crippen molar-refractivity contribution in [3.63, 3.8) is 0 Å². The van der Waals surface area contributed by atoms with Gasteiger partial charge in [0.25, 0.3) is 0 Å². The van der Waals surface area contributed by atoms with Crippen LogP contribution < -0.4 is 0 Å². The van der Waals surface area contributed by atoms with Gasteiger partial charge in [-0.1, -0.05) is 6.58 Å². The molecule has 0 saturated carbocycles. The van der Waals surface area contributed by atoms with Crippen LogP contribution in [0.2, 0.25) is 0 Å². The molecule has 0 aromatic rings. The van der Waals surface area contributed by atoms with E-state index in [0.717, 1.165) is 0 Å². The van der Waals surface area contributed by atoms with Gasteiger partial charge in [0.15, 0.2) is 5.60 Å². The molecule has 4 nitrogen and oxygen atoms in total. The van der Waals surface area contributed by atoms with Gasteiger partial charge in [-0.15, -0.1) is 0 Å². The Morgan fingerprint density at radius 1 is 1.38 bits per heavy atom. The fourth-order valence-corrected chi connectivity index (χ4v) is 0.703. The maximum Gasteiger partial charge on any atom is 0.303 e. The number of rotatable bonds is 4. The van der Waals surface area contributed by atoms with Crippen molar-refractivity contribution in [1.29, 1.82) is 0 Å². The zero-order chi connectivity index (χ0) is 10.5. The van der Waals surface area contributed by atoms with E-state index in [2.05, 4.69) is 6.58 Å². The summed E-state index contributed by atoms with van der Waals surface area (Å²) in [5.74, 6) is -0.852. The monoisotopic (exact) mass is 186 g/mol. The number of hydrogen-bond acceptors (Lipinski definition) is 4. The highest BCUT2D eigenvalue weighted by Crippen LogP contribution is 2.12. The lowest BCUT2D eigenvalue weighted by Crippen LogP contribution is -2.34. The van der Waals surface area contributed by atoms with Crippen LogP contribution in [0.4, 0.5) is 0 Å². The van der Waals surface area contributed by atoms with E-state index in [0.29, 0.717) is 0 Å². The molecule has 0 spiro atoms. The summed E-state index contributed by atoms with van der Waals surface area (Å²) in [6.07, 6.45) is 1.43. The predicted molar refractivity (Wildman–Crippen MR) is 47.0 cm³/mol. The number of esters is 2. The third-order valence-corrected chi connectivity index (χ3v) is 1.37. The molecule has 1 unspecified atom stereocenters. The summed E-state index contributed by atoms with van der Waals surface area (Å²) in [6.45, 7) is 7.68. The molecule has 0 amide bonds. The summed E-state index contributed by atoms with van der Waals surface area (Å²) in [6, 6.07) is 0. The van der Waals surface area contributed by atoms with Crippen LogP contribution in [0, 0.1) is 0 Å². The number of hydrogen-bond donors (Lipinski definition) is 0. The Hall–Kier alpha value is -1.32. The largest absolute Gasteiger partial charge is 0.461 e. The van der Waals surface area contributed by atoms with Gasteiger partial charge in [0.05, 0.1) is 0 Å². The van der Waals surface area contributed by atoms with Crippen LogP contribution in [0.1, 0.15) is 20.8 Å². The molecule has 1 atom stereocenters. The Labute approximate surface area is 77.5 Å². The maximum atomic E-state index is 10.7. The average Bonchev–Trinajstić information content (AvgIpc) is 2.00. The number of ether oxygens (including phenoxy) is 2. The van der Waals surface area contributed by atoms with Crippen LogP contribution in [-0.4, -0.2) is 24.1 Å². The van der Waals surface area contributed by atoms with Gasteiger partial charge in [-0.3, -0.25) is 9.59 Å². The van der Waals surface area contributed by atoms with E-state index in [4.69, 9.17) is 9.47 Å². The fraction of sp³-hybridized carbons (Fsp3) is 0.556. The van der Waals surface area contributed by atoms with Gasteiger partial charge >= 0.3 is 11.9 Å². The van der Waals surface area contributed by atoms with Crippen LogP contribution in [0.5, 0.6) is 0 Å². The van der Waals surface area contributed by atoms with Crippen LogP contribution in [0.15, 0.2) is 12.7 Å². The molecule has 0 heterocycles. The minimum atomic E-state index is -0.933. The molecule has 0 bridgehead atoms. The van der Waals surface area contributed by atoms with Crippen molar-refractivity contribution in [1.82, 2.24) is 0 Å². The lowest BCUT2D eigenvalue weighted by Gasteiger charge is -2.24. The zero-order valence-corrected chi connectivity index (χ0v) is 8.12. The Balaban J connectivity index is 4.19. The normalized spacial score (nSPS) is 14.1. The molecule has 0 rings (SSSR count). The Kier molecular flexibility index (Phi) is 4.17. The summed E-state index contributed by atoms with van der Waals surface area (Å²) in [5, 5.41) is 0. The van der Waals surface area contributed by atoms with Gasteiger partial charge in [-0.2, -0.15) is 0 Å². The van der Waals surface area contributed by atoms with Crippen LogP contribution in [0.25, 0.3) is 0 Å². The molecule has 0 aliphatic carbocycles. The minimum Gasteiger partial charge on any atom is -0.461 e. The molecule has 0 N–H and O–H groups in total. The van der Waals surface area contributed by atoms with Crippen molar-refractivity contribution in [2.24, 2.45) is 0 Å². The van der Waals surface area contributed by atoms with Gasteiger partial charge in [-0.25, -0.2) is 0 Å². The van der Waals surface area contributed by atoms with Gasteiger partial charge < -0.3 is 9.47 Å². The van der Waals surface area contributed by atoms with E-state index < -0.39 is 17.5 Å². The smallest absolute Gasteiger partial charge is 0.303 e. The minimum absolute atomic E-state index is 0.00852. The maximum absolute atomic E-state index is 10.7. The van der Waals surface area contributed by atoms with Crippen molar-refractivity contribution >= 4 is 11.9 Å². The second kappa shape index (κ2) is 4.64. The highest BCUT2D eigenvalue weighted by molar-refractivity contribution is 5.67. The summed E-state index contributed by atoms with van der Waals surface area (Å²) in [5.41, 5.74) is -0.933. The average molecular weight is 186 g/mol. The third-order valence-electron chi connectivity index (χ3n) is 1.37. The second-order valence-corrected chi connectivity index (χ2v) is 2.89. The first-order valence-electron chi connectivity index (χ1n) is 3.86. The summed E-state index contributed by atoms with van der Waals surface area (Å²) < 4.78 is 9.61. The molecule has 13 heavy (non-hydrogen) atoms. The SMILES string of the molecule is C=CC(C)(COC(C)=O)OC(C)=O. The van der Waals surface area contributed by atoms with Crippen molar-refractivity contribution in [2.75, 3.05) is 6.61 Å². The first kappa shape index (κ1) is 11.7. The van der Waals surface area contributed by atoms with Crippen LogP contribution in [-0.2, 0) is 19.1 Å². The molecule has 0 aromatic heterocycles. The van der Waals surface area contributed by atoms with Crippen molar-refractivity contribution in [2.45, 2.75) is 26.4 Å². The standard InChI is InChI=1S/C9H14O4/c1-5-9(4,13-8(3)11)6-12-7(2)10/h5H,1,6H2,2-4H3. The zero-order valence-electron chi connectivity index (χ0n) is 8.12. The van der Waals surface area contributed by atoms with Crippen molar-refractivity contribution in [3.05, 3.63) is 12.7 Å². The first-order chi connectivity index (χ1) is 5.89. The fourth-order valence-electron chi connectivity index (χ4n) is 0.703. The molecule has 74 valence electrons. The van der Waals surface area contributed by atoms with Crippen LogP contribution in [0.3, 0.4) is 0 Å². The highest BCUT2D eigenvalue weighted by Gasteiger charge is 2.25. The molecule has 4 heteroatoms. The number of carbonyl (C=O) groups excluding carboxylic acids is 2. The summed E-state index contributed by atoms with van der Waals surface area (Å²) in [7, 11) is 0. The topological polar surface area (TPSA) is 52.6 Å².